The highest BCUT2D eigenvalue weighted by molar-refractivity contribution is 7.18. The largest absolute Gasteiger partial charge is 0.335 e. The van der Waals surface area contributed by atoms with Crippen molar-refractivity contribution in [2.45, 2.75) is 39.2 Å². The molecule has 2 amide bonds. The van der Waals surface area contributed by atoms with Gasteiger partial charge in [-0.05, 0) is 50.3 Å². The predicted molar refractivity (Wildman–Crippen MR) is 118 cm³/mol. The Balaban J connectivity index is 1.44. The number of fused-ring (bicyclic) bond motifs is 3. The van der Waals surface area contributed by atoms with Crippen molar-refractivity contribution in [2.24, 2.45) is 0 Å². The predicted octanol–water partition coefficient (Wildman–Crippen LogP) is 2.74. The van der Waals surface area contributed by atoms with Gasteiger partial charge in [0.25, 0.3) is 5.56 Å². The van der Waals surface area contributed by atoms with Crippen LogP contribution in [0, 0.1) is 6.92 Å². The van der Waals surface area contributed by atoms with E-state index in [1.54, 1.807) is 18.4 Å². The maximum atomic E-state index is 13.0. The summed E-state index contributed by atoms with van der Waals surface area (Å²) in [5, 5.41) is 3.43. The van der Waals surface area contributed by atoms with Crippen molar-refractivity contribution in [2.75, 3.05) is 18.9 Å². The number of aryl methyl sites for hydroxylation is 3. The number of rotatable bonds is 5. The molecule has 1 aliphatic carbocycles. The van der Waals surface area contributed by atoms with Crippen molar-refractivity contribution in [1.82, 2.24) is 14.5 Å². The third-order valence-corrected chi connectivity index (χ3v) is 6.59. The van der Waals surface area contributed by atoms with E-state index < -0.39 is 0 Å². The summed E-state index contributed by atoms with van der Waals surface area (Å²) in [7, 11) is 1.56. The lowest BCUT2D eigenvalue weighted by Crippen LogP contribution is -2.38. The summed E-state index contributed by atoms with van der Waals surface area (Å²) in [5.74, 6) is -0.607. The maximum Gasteiger partial charge on any atom is 0.262 e. The molecule has 0 unspecified atom stereocenters. The summed E-state index contributed by atoms with van der Waals surface area (Å²) in [5.41, 5.74) is 2.71. The normalized spacial score (nSPS) is 13.1. The molecule has 30 heavy (non-hydrogen) atoms. The van der Waals surface area contributed by atoms with E-state index in [0.29, 0.717) is 11.1 Å². The summed E-state index contributed by atoms with van der Waals surface area (Å²) in [6.07, 6.45) is 5.54. The minimum Gasteiger partial charge on any atom is -0.335 e. The van der Waals surface area contributed by atoms with Crippen molar-refractivity contribution in [3.63, 3.8) is 0 Å². The second-order valence-corrected chi connectivity index (χ2v) is 8.82. The molecule has 2 heterocycles. The van der Waals surface area contributed by atoms with Gasteiger partial charge in [-0.25, -0.2) is 4.98 Å². The van der Waals surface area contributed by atoms with E-state index in [4.69, 9.17) is 0 Å². The Morgan fingerprint density at radius 3 is 2.70 bits per heavy atom. The molecule has 0 atom stereocenters. The Hall–Kier alpha value is -3.00. The smallest absolute Gasteiger partial charge is 0.262 e. The molecule has 0 bridgehead atoms. The molecule has 0 spiro atoms. The minimum atomic E-state index is -0.318. The van der Waals surface area contributed by atoms with E-state index in [9.17, 15) is 14.4 Å². The van der Waals surface area contributed by atoms with Crippen LogP contribution in [0.3, 0.4) is 0 Å². The van der Waals surface area contributed by atoms with E-state index in [0.717, 1.165) is 41.6 Å². The van der Waals surface area contributed by atoms with Crippen LogP contribution in [0.2, 0.25) is 0 Å². The van der Waals surface area contributed by atoms with Crippen LogP contribution < -0.4 is 10.9 Å². The fourth-order valence-electron chi connectivity index (χ4n) is 3.70. The summed E-state index contributed by atoms with van der Waals surface area (Å²) < 4.78 is 1.35. The summed E-state index contributed by atoms with van der Waals surface area (Å²) in [6, 6.07) is 7.44. The number of aromatic nitrogens is 2. The highest BCUT2D eigenvalue weighted by Gasteiger charge is 2.21. The first kappa shape index (κ1) is 20.3. The van der Waals surface area contributed by atoms with Gasteiger partial charge in [0.1, 0.15) is 11.4 Å². The molecule has 0 aliphatic heterocycles. The van der Waals surface area contributed by atoms with Crippen molar-refractivity contribution < 1.29 is 9.59 Å². The van der Waals surface area contributed by atoms with Crippen LogP contribution in [0.5, 0.6) is 0 Å². The number of hydrogen-bond acceptors (Lipinski definition) is 5. The number of carbonyl (C=O) groups excluding carboxylic acids is 2. The molecule has 0 radical (unpaired) electrons. The van der Waals surface area contributed by atoms with Crippen LogP contribution in [0.15, 0.2) is 35.4 Å². The van der Waals surface area contributed by atoms with Gasteiger partial charge in [0.15, 0.2) is 0 Å². The standard InChI is InChI=1S/C22H24N4O3S/c1-14-7-9-15(10-8-14)24-18(27)11-25(2)19(28)12-26-13-23-21-20(22(26)29)16-5-3-4-6-17(16)30-21/h7-10,13H,3-6,11-12H2,1-2H3,(H,24,27). The molecule has 1 aromatic carbocycles. The van der Waals surface area contributed by atoms with Gasteiger partial charge in [0, 0.05) is 17.6 Å². The molecular weight excluding hydrogens is 400 g/mol. The lowest BCUT2D eigenvalue weighted by molar-refractivity contribution is -0.133. The Bertz CT molecular complexity index is 1160. The lowest BCUT2D eigenvalue weighted by Gasteiger charge is -2.17. The number of carbonyl (C=O) groups is 2. The first-order valence-electron chi connectivity index (χ1n) is 10.0. The molecule has 0 saturated carbocycles. The highest BCUT2D eigenvalue weighted by Crippen LogP contribution is 2.33. The van der Waals surface area contributed by atoms with Gasteiger partial charge < -0.3 is 10.2 Å². The van der Waals surface area contributed by atoms with Crippen molar-refractivity contribution >= 4 is 39.1 Å². The second-order valence-electron chi connectivity index (χ2n) is 7.73. The molecular formula is C22H24N4O3S. The zero-order chi connectivity index (χ0) is 21.3. The molecule has 1 N–H and O–H groups in total. The fourth-order valence-corrected chi connectivity index (χ4v) is 4.92. The molecule has 0 fully saturated rings. The number of likely N-dealkylation sites (N-methyl/N-ethyl adjacent to an activating group) is 1. The van der Waals surface area contributed by atoms with Gasteiger partial charge in [-0.15, -0.1) is 11.3 Å². The molecule has 8 heteroatoms. The minimum absolute atomic E-state index is 0.0923. The summed E-state index contributed by atoms with van der Waals surface area (Å²) in [6.45, 7) is 1.74. The molecule has 2 aromatic heterocycles. The first-order valence-corrected chi connectivity index (χ1v) is 10.8. The van der Waals surface area contributed by atoms with E-state index in [-0.39, 0.29) is 30.5 Å². The van der Waals surface area contributed by atoms with Gasteiger partial charge in [0.2, 0.25) is 11.8 Å². The number of hydrogen-bond donors (Lipinski definition) is 1. The van der Waals surface area contributed by atoms with E-state index in [1.807, 2.05) is 31.2 Å². The van der Waals surface area contributed by atoms with Crippen LogP contribution in [-0.4, -0.2) is 39.9 Å². The quantitative estimate of drug-likeness (QED) is 0.683. The van der Waals surface area contributed by atoms with Crippen LogP contribution in [0.25, 0.3) is 10.2 Å². The van der Waals surface area contributed by atoms with Crippen LogP contribution in [0.4, 0.5) is 5.69 Å². The number of nitrogens with zero attached hydrogens (tertiary/aromatic N) is 3. The lowest BCUT2D eigenvalue weighted by atomic mass is 9.97. The molecule has 4 rings (SSSR count). The van der Waals surface area contributed by atoms with Gasteiger partial charge in [-0.1, -0.05) is 17.7 Å². The van der Waals surface area contributed by atoms with Crippen LogP contribution in [0.1, 0.15) is 28.8 Å². The monoisotopic (exact) mass is 424 g/mol. The Labute approximate surface area is 178 Å². The second kappa shape index (κ2) is 8.39. The molecule has 1 aliphatic rings. The third kappa shape index (κ3) is 4.14. The third-order valence-electron chi connectivity index (χ3n) is 5.39. The number of benzene rings is 1. The average Bonchev–Trinajstić information content (AvgIpc) is 3.11. The van der Waals surface area contributed by atoms with Gasteiger partial charge >= 0.3 is 0 Å². The zero-order valence-electron chi connectivity index (χ0n) is 17.1. The maximum absolute atomic E-state index is 13.0. The highest BCUT2D eigenvalue weighted by atomic mass is 32.1. The molecule has 0 saturated heterocycles. The van der Waals surface area contributed by atoms with Crippen molar-refractivity contribution in [3.8, 4) is 0 Å². The number of amides is 2. The SMILES string of the molecule is Cc1ccc(NC(=O)CN(C)C(=O)Cn2cnc3sc4c(c3c2=O)CCCC4)cc1. The number of thiophene rings is 1. The molecule has 156 valence electrons. The fraction of sp³-hybridized carbons (Fsp3) is 0.364. The van der Waals surface area contributed by atoms with E-state index in [1.165, 1.54) is 20.7 Å². The van der Waals surface area contributed by atoms with Crippen LogP contribution >= 0.6 is 11.3 Å². The first-order chi connectivity index (χ1) is 14.4. The van der Waals surface area contributed by atoms with Crippen molar-refractivity contribution in [1.29, 1.82) is 0 Å². The Kier molecular flexibility index (Phi) is 5.67. The summed E-state index contributed by atoms with van der Waals surface area (Å²) >= 11 is 1.59. The van der Waals surface area contributed by atoms with Gasteiger partial charge in [-0.2, -0.15) is 0 Å². The number of nitrogens with one attached hydrogen (secondary N) is 1. The Morgan fingerprint density at radius 1 is 1.20 bits per heavy atom. The van der Waals surface area contributed by atoms with Gasteiger partial charge in [-0.3, -0.25) is 19.0 Å². The van der Waals surface area contributed by atoms with E-state index >= 15 is 0 Å². The Morgan fingerprint density at radius 2 is 1.93 bits per heavy atom. The topological polar surface area (TPSA) is 84.3 Å². The van der Waals surface area contributed by atoms with Crippen LogP contribution in [-0.2, 0) is 29.0 Å². The molecule has 7 nitrogen and oxygen atoms in total. The number of anilines is 1. The van der Waals surface area contributed by atoms with Gasteiger partial charge in [0.05, 0.1) is 18.3 Å². The van der Waals surface area contributed by atoms with E-state index in [2.05, 4.69) is 10.3 Å². The molecule has 3 aromatic rings. The average molecular weight is 425 g/mol. The summed E-state index contributed by atoms with van der Waals surface area (Å²) in [4.78, 5) is 45.6. The van der Waals surface area contributed by atoms with Crippen molar-refractivity contribution in [3.05, 3.63) is 57.0 Å². The zero-order valence-corrected chi connectivity index (χ0v) is 17.9.